The summed E-state index contributed by atoms with van der Waals surface area (Å²) in [5.74, 6) is -0.710. The summed E-state index contributed by atoms with van der Waals surface area (Å²) in [5.41, 5.74) is 5.26. The van der Waals surface area contributed by atoms with Gasteiger partial charge in [0.1, 0.15) is 6.04 Å². The molecule has 0 aliphatic carbocycles. The Morgan fingerprint density at radius 2 is 2.18 bits per heavy atom. The molecule has 2 saturated heterocycles. The molecule has 6 nitrogen and oxygen atoms in total. The average molecular weight is 241 g/mol. The number of β-amino-alcohol motifs (C(OH)–C–C–N with tert-alkyl or cyclic N) is 1. The standard InChI is InChI=1S/C11H19N3O3/c1-6-8(2-3-13-6)11(17)14-5-7(15)4-9(14)10(12)16/h6-9,13,15H,2-5H2,1H3,(H2,12,16). The molecule has 4 atom stereocenters. The van der Waals surface area contributed by atoms with E-state index in [1.807, 2.05) is 6.92 Å². The van der Waals surface area contributed by atoms with Crippen molar-refractivity contribution >= 4 is 11.8 Å². The molecule has 0 aromatic carbocycles. The first-order valence-electron chi connectivity index (χ1n) is 6.02. The summed E-state index contributed by atoms with van der Waals surface area (Å²) < 4.78 is 0. The summed E-state index contributed by atoms with van der Waals surface area (Å²) in [6, 6.07) is -0.529. The van der Waals surface area contributed by atoms with Gasteiger partial charge in [0.2, 0.25) is 11.8 Å². The highest BCUT2D eigenvalue weighted by molar-refractivity contribution is 5.88. The zero-order valence-corrected chi connectivity index (χ0v) is 9.93. The summed E-state index contributed by atoms with van der Waals surface area (Å²) in [5, 5.41) is 12.8. The molecule has 4 unspecified atom stereocenters. The van der Waals surface area contributed by atoms with Crippen LogP contribution in [0.4, 0.5) is 0 Å². The van der Waals surface area contributed by atoms with Gasteiger partial charge in [0.05, 0.1) is 12.0 Å². The lowest BCUT2D eigenvalue weighted by atomic mass is 10.00. The summed E-state index contributed by atoms with van der Waals surface area (Å²) in [6.07, 6.45) is 0.398. The number of hydrogen-bond acceptors (Lipinski definition) is 4. The molecule has 2 aliphatic heterocycles. The van der Waals surface area contributed by atoms with Crippen LogP contribution < -0.4 is 11.1 Å². The number of primary amides is 1. The fourth-order valence-electron chi connectivity index (χ4n) is 2.74. The van der Waals surface area contributed by atoms with Gasteiger partial charge < -0.3 is 21.1 Å². The molecule has 0 aromatic heterocycles. The number of carbonyl (C=O) groups excluding carboxylic acids is 2. The Labute approximate surface area is 100 Å². The molecule has 17 heavy (non-hydrogen) atoms. The average Bonchev–Trinajstić information content (AvgIpc) is 2.83. The fourth-order valence-corrected chi connectivity index (χ4v) is 2.74. The first-order valence-corrected chi connectivity index (χ1v) is 6.02. The third-order valence-corrected chi connectivity index (χ3v) is 3.73. The third kappa shape index (κ3) is 2.28. The second-order valence-corrected chi connectivity index (χ2v) is 4.94. The van der Waals surface area contributed by atoms with Crippen LogP contribution in [0.15, 0.2) is 0 Å². The highest BCUT2D eigenvalue weighted by Gasteiger charge is 2.42. The third-order valence-electron chi connectivity index (χ3n) is 3.73. The predicted molar refractivity (Wildman–Crippen MR) is 60.9 cm³/mol. The largest absolute Gasteiger partial charge is 0.391 e. The van der Waals surface area contributed by atoms with E-state index in [0.29, 0.717) is 0 Å². The molecule has 2 heterocycles. The Kier molecular flexibility index (Phi) is 3.35. The number of nitrogens with one attached hydrogen (secondary N) is 1. The molecule has 4 N–H and O–H groups in total. The van der Waals surface area contributed by atoms with Crippen LogP contribution in [0.3, 0.4) is 0 Å². The molecule has 2 amide bonds. The molecule has 96 valence electrons. The van der Waals surface area contributed by atoms with E-state index in [9.17, 15) is 14.7 Å². The number of aliphatic hydroxyl groups is 1. The van der Waals surface area contributed by atoms with Crippen LogP contribution >= 0.6 is 0 Å². The van der Waals surface area contributed by atoms with Crippen LogP contribution in [-0.2, 0) is 9.59 Å². The molecule has 6 heteroatoms. The molecular weight excluding hydrogens is 222 g/mol. The molecule has 0 aromatic rings. The number of rotatable bonds is 2. The Morgan fingerprint density at radius 3 is 2.71 bits per heavy atom. The van der Waals surface area contributed by atoms with E-state index in [1.165, 1.54) is 4.90 Å². The Balaban J connectivity index is 2.10. The van der Waals surface area contributed by atoms with Gasteiger partial charge >= 0.3 is 0 Å². The van der Waals surface area contributed by atoms with Crippen LogP contribution in [-0.4, -0.2) is 53.1 Å². The van der Waals surface area contributed by atoms with Crippen LogP contribution in [0.2, 0.25) is 0 Å². The molecular formula is C11H19N3O3. The van der Waals surface area contributed by atoms with E-state index < -0.39 is 18.1 Å². The Morgan fingerprint density at radius 1 is 1.47 bits per heavy atom. The van der Waals surface area contributed by atoms with E-state index in [0.717, 1.165) is 13.0 Å². The van der Waals surface area contributed by atoms with Crippen LogP contribution in [0.25, 0.3) is 0 Å². The Bertz CT molecular complexity index is 334. The molecule has 2 aliphatic rings. The van der Waals surface area contributed by atoms with E-state index in [2.05, 4.69) is 5.32 Å². The maximum absolute atomic E-state index is 12.3. The minimum absolute atomic E-state index is 0.0668. The predicted octanol–water partition coefficient (Wildman–Crippen LogP) is -1.57. The van der Waals surface area contributed by atoms with Gasteiger partial charge in [0.25, 0.3) is 0 Å². The van der Waals surface area contributed by atoms with Gasteiger partial charge in [0, 0.05) is 19.0 Å². The quantitative estimate of drug-likeness (QED) is 0.544. The number of amides is 2. The lowest BCUT2D eigenvalue weighted by Gasteiger charge is -2.26. The van der Waals surface area contributed by atoms with E-state index in [4.69, 9.17) is 5.73 Å². The SMILES string of the molecule is CC1NCCC1C(=O)N1CC(O)CC1C(N)=O. The summed E-state index contributed by atoms with van der Waals surface area (Å²) >= 11 is 0. The van der Waals surface area contributed by atoms with Crippen molar-refractivity contribution in [1.82, 2.24) is 10.2 Å². The fraction of sp³-hybridized carbons (Fsp3) is 0.818. The van der Waals surface area contributed by atoms with E-state index >= 15 is 0 Å². The monoisotopic (exact) mass is 241 g/mol. The van der Waals surface area contributed by atoms with Crippen molar-refractivity contribution < 1.29 is 14.7 Å². The number of carbonyl (C=O) groups is 2. The first kappa shape index (κ1) is 12.3. The van der Waals surface area contributed by atoms with E-state index in [1.54, 1.807) is 0 Å². The topological polar surface area (TPSA) is 95.7 Å². The van der Waals surface area contributed by atoms with Crippen molar-refractivity contribution in [3.05, 3.63) is 0 Å². The van der Waals surface area contributed by atoms with Crippen molar-refractivity contribution in [3.63, 3.8) is 0 Å². The van der Waals surface area contributed by atoms with Gasteiger partial charge in [-0.2, -0.15) is 0 Å². The van der Waals surface area contributed by atoms with E-state index in [-0.39, 0.29) is 30.8 Å². The number of nitrogens with two attached hydrogens (primary N) is 1. The van der Waals surface area contributed by atoms with Crippen molar-refractivity contribution in [3.8, 4) is 0 Å². The maximum atomic E-state index is 12.3. The highest BCUT2D eigenvalue weighted by atomic mass is 16.3. The smallest absolute Gasteiger partial charge is 0.240 e. The van der Waals surface area contributed by atoms with Crippen molar-refractivity contribution in [2.24, 2.45) is 11.7 Å². The lowest BCUT2D eigenvalue weighted by Crippen LogP contribution is -2.47. The summed E-state index contributed by atoms with van der Waals surface area (Å²) in [7, 11) is 0. The zero-order valence-electron chi connectivity index (χ0n) is 9.93. The number of likely N-dealkylation sites (tertiary alicyclic amines) is 1. The minimum atomic E-state index is -0.648. The summed E-state index contributed by atoms with van der Waals surface area (Å²) in [4.78, 5) is 25.0. The summed E-state index contributed by atoms with van der Waals surface area (Å²) in [6.45, 7) is 2.99. The normalized spacial score (nSPS) is 37.4. The van der Waals surface area contributed by atoms with Crippen molar-refractivity contribution in [1.29, 1.82) is 0 Å². The van der Waals surface area contributed by atoms with Gasteiger partial charge in [-0.05, 0) is 19.9 Å². The Hall–Kier alpha value is -1.14. The molecule has 0 spiro atoms. The number of hydrogen-bond donors (Lipinski definition) is 3. The van der Waals surface area contributed by atoms with Crippen molar-refractivity contribution in [2.45, 2.75) is 38.0 Å². The van der Waals surface area contributed by atoms with Gasteiger partial charge in [-0.15, -0.1) is 0 Å². The van der Waals surface area contributed by atoms with Crippen LogP contribution in [0.1, 0.15) is 19.8 Å². The maximum Gasteiger partial charge on any atom is 0.240 e. The van der Waals surface area contributed by atoms with Gasteiger partial charge in [0.15, 0.2) is 0 Å². The molecule has 2 rings (SSSR count). The molecule has 0 bridgehead atoms. The number of aliphatic hydroxyl groups excluding tert-OH is 1. The molecule has 2 fully saturated rings. The number of nitrogens with zero attached hydrogens (tertiary/aromatic N) is 1. The minimum Gasteiger partial charge on any atom is -0.391 e. The van der Waals surface area contributed by atoms with Crippen molar-refractivity contribution in [2.75, 3.05) is 13.1 Å². The van der Waals surface area contributed by atoms with Crippen LogP contribution in [0, 0.1) is 5.92 Å². The molecule has 0 saturated carbocycles. The second-order valence-electron chi connectivity index (χ2n) is 4.94. The van der Waals surface area contributed by atoms with Crippen LogP contribution in [0.5, 0.6) is 0 Å². The second kappa shape index (κ2) is 4.62. The first-order chi connectivity index (χ1) is 8.00. The highest BCUT2D eigenvalue weighted by Crippen LogP contribution is 2.24. The van der Waals surface area contributed by atoms with Gasteiger partial charge in [-0.25, -0.2) is 0 Å². The van der Waals surface area contributed by atoms with Gasteiger partial charge in [-0.3, -0.25) is 9.59 Å². The zero-order chi connectivity index (χ0) is 12.6. The lowest BCUT2D eigenvalue weighted by molar-refractivity contribution is -0.141. The van der Waals surface area contributed by atoms with Gasteiger partial charge in [-0.1, -0.05) is 0 Å². The molecule has 0 radical (unpaired) electrons.